The van der Waals surface area contributed by atoms with Crippen LogP contribution < -0.4 is 0 Å². The third-order valence-corrected chi connectivity index (χ3v) is 5.73. The summed E-state index contributed by atoms with van der Waals surface area (Å²) in [5.41, 5.74) is 0.194. The number of hydrogen-bond acceptors (Lipinski definition) is 1. The molecule has 0 aromatic carbocycles. The first-order valence-corrected chi connectivity index (χ1v) is 7.20. The Kier molecular flexibility index (Phi) is 3.36. The molecule has 1 N–H and O–H groups in total. The Morgan fingerprint density at radius 3 is 2.06 bits per heavy atom. The van der Waals surface area contributed by atoms with Gasteiger partial charge in [-0.3, -0.25) is 0 Å². The molecule has 94 valence electrons. The second-order valence-corrected chi connectivity index (χ2v) is 6.85. The molecule has 0 bridgehead atoms. The lowest BCUT2D eigenvalue weighted by Crippen LogP contribution is -2.46. The van der Waals surface area contributed by atoms with Crippen LogP contribution in [-0.4, -0.2) is 10.7 Å². The maximum atomic E-state index is 10.6. The Bertz CT molecular complexity index is 232. The smallest absolute Gasteiger partial charge is 0.0676 e. The Balaban J connectivity index is 1.91. The van der Waals surface area contributed by atoms with Crippen molar-refractivity contribution >= 4 is 0 Å². The standard InChI is InChI=1S/C15H28O/c1-4-14(2,3)12-8-10-15(16,11-9-12)13-6-5-7-13/h12-13,16H,4-11H2,1-3H3. The van der Waals surface area contributed by atoms with Crippen molar-refractivity contribution in [1.29, 1.82) is 0 Å². The van der Waals surface area contributed by atoms with Crippen molar-refractivity contribution in [2.24, 2.45) is 17.3 Å². The largest absolute Gasteiger partial charge is 0.390 e. The van der Waals surface area contributed by atoms with Gasteiger partial charge in [-0.1, -0.05) is 33.6 Å². The molecule has 0 aliphatic heterocycles. The number of hydrogen-bond donors (Lipinski definition) is 1. The molecule has 2 aliphatic carbocycles. The first-order chi connectivity index (χ1) is 7.48. The van der Waals surface area contributed by atoms with Gasteiger partial charge in [-0.2, -0.15) is 0 Å². The van der Waals surface area contributed by atoms with Crippen LogP contribution in [0.15, 0.2) is 0 Å². The maximum Gasteiger partial charge on any atom is 0.0676 e. The molecule has 0 unspecified atom stereocenters. The van der Waals surface area contributed by atoms with E-state index in [1.165, 1.54) is 38.5 Å². The van der Waals surface area contributed by atoms with Crippen LogP contribution in [0.4, 0.5) is 0 Å². The minimum atomic E-state index is -0.279. The highest BCUT2D eigenvalue weighted by Crippen LogP contribution is 2.49. The average Bonchev–Trinajstić information content (AvgIpc) is 2.15. The number of aliphatic hydroxyl groups is 1. The van der Waals surface area contributed by atoms with Crippen molar-refractivity contribution in [2.45, 2.75) is 77.7 Å². The van der Waals surface area contributed by atoms with Crippen molar-refractivity contribution in [3.05, 3.63) is 0 Å². The summed E-state index contributed by atoms with van der Waals surface area (Å²) in [4.78, 5) is 0. The molecule has 0 radical (unpaired) electrons. The second kappa shape index (κ2) is 4.33. The van der Waals surface area contributed by atoms with E-state index in [2.05, 4.69) is 20.8 Å². The quantitative estimate of drug-likeness (QED) is 0.763. The average molecular weight is 224 g/mol. The van der Waals surface area contributed by atoms with Crippen molar-refractivity contribution in [3.8, 4) is 0 Å². The Hall–Kier alpha value is -0.0400. The van der Waals surface area contributed by atoms with Gasteiger partial charge in [0.05, 0.1) is 5.60 Å². The van der Waals surface area contributed by atoms with E-state index >= 15 is 0 Å². The van der Waals surface area contributed by atoms with E-state index in [9.17, 15) is 5.11 Å². The van der Waals surface area contributed by atoms with Crippen LogP contribution in [0.2, 0.25) is 0 Å². The van der Waals surface area contributed by atoms with Crippen molar-refractivity contribution in [1.82, 2.24) is 0 Å². The molecule has 16 heavy (non-hydrogen) atoms. The van der Waals surface area contributed by atoms with Gasteiger partial charge in [-0.15, -0.1) is 0 Å². The Labute approximate surface area is 101 Å². The van der Waals surface area contributed by atoms with Crippen LogP contribution in [0.3, 0.4) is 0 Å². The summed E-state index contributed by atoms with van der Waals surface area (Å²) >= 11 is 0. The molecule has 0 aromatic heterocycles. The summed E-state index contributed by atoms with van der Waals surface area (Å²) in [5, 5.41) is 10.6. The summed E-state index contributed by atoms with van der Waals surface area (Å²) in [6, 6.07) is 0. The maximum absolute atomic E-state index is 10.6. The zero-order valence-electron chi connectivity index (χ0n) is 11.3. The van der Waals surface area contributed by atoms with Crippen LogP contribution in [-0.2, 0) is 0 Å². The van der Waals surface area contributed by atoms with Gasteiger partial charge in [0.1, 0.15) is 0 Å². The topological polar surface area (TPSA) is 20.2 Å². The molecular weight excluding hydrogens is 196 g/mol. The highest BCUT2D eigenvalue weighted by atomic mass is 16.3. The first kappa shape index (κ1) is 12.4. The monoisotopic (exact) mass is 224 g/mol. The predicted octanol–water partition coefficient (Wildman–Crippen LogP) is 4.14. The van der Waals surface area contributed by atoms with E-state index in [0.717, 1.165) is 18.8 Å². The predicted molar refractivity (Wildman–Crippen MR) is 68.3 cm³/mol. The van der Waals surface area contributed by atoms with Crippen molar-refractivity contribution in [2.75, 3.05) is 0 Å². The molecule has 0 amide bonds. The Morgan fingerprint density at radius 1 is 1.12 bits per heavy atom. The second-order valence-electron chi connectivity index (χ2n) is 6.85. The van der Waals surface area contributed by atoms with E-state index in [4.69, 9.17) is 0 Å². The Morgan fingerprint density at radius 2 is 1.69 bits per heavy atom. The SMILES string of the molecule is CCC(C)(C)C1CCC(O)(C2CCC2)CC1. The van der Waals surface area contributed by atoms with E-state index in [0.29, 0.717) is 11.3 Å². The van der Waals surface area contributed by atoms with Crippen molar-refractivity contribution in [3.63, 3.8) is 0 Å². The normalized spacial score (nSPS) is 37.1. The molecule has 0 aromatic rings. The number of rotatable bonds is 3. The molecule has 2 fully saturated rings. The summed E-state index contributed by atoms with van der Waals surface area (Å²) in [7, 11) is 0. The van der Waals surface area contributed by atoms with Crippen LogP contribution in [0.25, 0.3) is 0 Å². The molecular formula is C15H28O. The van der Waals surface area contributed by atoms with Gasteiger partial charge in [0, 0.05) is 0 Å². The van der Waals surface area contributed by atoms with Crippen LogP contribution in [0.5, 0.6) is 0 Å². The van der Waals surface area contributed by atoms with Crippen LogP contribution >= 0.6 is 0 Å². The zero-order chi connectivity index (χ0) is 11.8. The molecule has 1 heteroatoms. The lowest BCUT2D eigenvalue weighted by Gasteiger charge is -2.48. The van der Waals surface area contributed by atoms with Crippen LogP contribution in [0, 0.1) is 17.3 Å². The van der Waals surface area contributed by atoms with Gasteiger partial charge in [0.25, 0.3) is 0 Å². The van der Waals surface area contributed by atoms with Gasteiger partial charge >= 0.3 is 0 Å². The van der Waals surface area contributed by atoms with Gasteiger partial charge in [-0.25, -0.2) is 0 Å². The summed E-state index contributed by atoms with van der Waals surface area (Å²) in [5.74, 6) is 1.47. The fourth-order valence-electron chi connectivity index (χ4n) is 3.54. The van der Waals surface area contributed by atoms with E-state index in [1.807, 2.05) is 0 Å². The minimum Gasteiger partial charge on any atom is -0.390 e. The van der Waals surface area contributed by atoms with E-state index < -0.39 is 0 Å². The molecule has 0 saturated heterocycles. The molecule has 0 heterocycles. The van der Waals surface area contributed by atoms with E-state index in [1.54, 1.807) is 0 Å². The summed E-state index contributed by atoms with van der Waals surface area (Å²) in [6.07, 6.45) is 9.77. The fourth-order valence-corrected chi connectivity index (χ4v) is 3.54. The molecule has 2 rings (SSSR count). The zero-order valence-corrected chi connectivity index (χ0v) is 11.3. The third kappa shape index (κ3) is 2.16. The summed E-state index contributed by atoms with van der Waals surface area (Å²) < 4.78 is 0. The highest BCUT2D eigenvalue weighted by Gasteiger charge is 2.44. The molecule has 1 nitrogen and oxygen atoms in total. The fraction of sp³-hybridized carbons (Fsp3) is 1.00. The van der Waals surface area contributed by atoms with Gasteiger partial charge < -0.3 is 5.11 Å². The molecule has 2 saturated carbocycles. The van der Waals surface area contributed by atoms with E-state index in [-0.39, 0.29) is 5.60 Å². The highest BCUT2D eigenvalue weighted by molar-refractivity contribution is 4.96. The lowest BCUT2D eigenvalue weighted by molar-refractivity contribution is -0.0946. The van der Waals surface area contributed by atoms with Crippen LogP contribution in [0.1, 0.15) is 72.1 Å². The lowest BCUT2D eigenvalue weighted by atomic mass is 9.61. The summed E-state index contributed by atoms with van der Waals surface area (Å²) in [6.45, 7) is 7.09. The molecule has 0 atom stereocenters. The van der Waals surface area contributed by atoms with Crippen molar-refractivity contribution < 1.29 is 5.11 Å². The van der Waals surface area contributed by atoms with Gasteiger partial charge in [0.15, 0.2) is 0 Å². The molecule has 2 aliphatic rings. The minimum absolute atomic E-state index is 0.279. The first-order valence-electron chi connectivity index (χ1n) is 7.20. The van der Waals surface area contributed by atoms with Gasteiger partial charge in [0.2, 0.25) is 0 Å². The molecule has 0 spiro atoms. The van der Waals surface area contributed by atoms with Gasteiger partial charge in [-0.05, 0) is 55.8 Å². The third-order valence-electron chi connectivity index (χ3n) is 5.73.